The second kappa shape index (κ2) is 6.67. The largest absolute Gasteiger partial charge is 0.384 e. The molecule has 84 valence electrons. The number of halogens is 1. The van der Waals surface area contributed by atoms with Gasteiger partial charge in [-0.2, -0.15) is 0 Å². The van der Waals surface area contributed by atoms with Crippen LogP contribution in [-0.2, 0) is 0 Å². The molecule has 0 aliphatic heterocycles. The zero-order valence-corrected chi connectivity index (χ0v) is 10.3. The van der Waals surface area contributed by atoms with Crippen LogP contribution in [0.15, 0.2) is 12.3 Å². The Bertz CT molecular complexity index is 300. The van der Waals surface area contributed by atoms with Crippen LogP contribution in [0.4, 0.5) is 5.69 Å². The highest BCUT2D eigenvalue weighted by Crippen LogP contribution is 2.16. The number of pyridine rings is 1. The van der Waals surface area contributed by atoms with Crippen LogP contribution in [0.3, 0.4) is 0 Å². The van der Waals surface area contributed by atoms with Crippen LogP contribution >= 0.6 is 11.6 Å². The Hall–Kier alpha value is -0.760. The molecule has 1 rings (SSSR count). The second-order valence-corrected chi connectivity index (χ2v) is 4.18. The van der Waals surface area contributed by atoms with Crippen molar-refractivity contribution >= 4 is 17.3 Å². The van der Waals surface area contributed by atoms with E-state index in [-0.39, 0.29) is 0 Å². The van der Waals surface area contributed by atoms with E-state index in [2.05, 4.69) is 17.2 Å². The third-order valence-corrected chi connectivity index (χ3v) is 2.77. The molecule has 15 heavy (non-hydrogen) atoms. The first-order chi connectivity index (χ1) is 7.24. The minimum absolute atomic E-state index is 0.589. The first-order valence-corrected chi connectivity index (χ1v) is 5.98. The molecule has 0 aromatic carbocycles. The summed E-state index contributed by atoms with van der Waals surface area (Å²) < 4.78 is 0. The number of nitrogens with zero attached hydrogens (tertiary/aromatic N) is 1. The Morgan fingerprint density at radius 1 is 1.33 bits per heavy atom. The van der Waals surface area contributed by atoms with Crippen molar-refractivity contribution in [1.82, 2.24) is 4.98 Å². The fourth-order valence-corrected chi connectivity index (χ4v) is 1.54. The summed E-state index contributed by atoms with van der Waals surface area (Å²) in [4.78, 5) is 4.10. The van der Waals surface area contributed by atoms with E-state index < -0.39 is 0 Å². The van der Waals surface area contributed by atoms with Gasteiger partial charge >= 0.3 is 0 Å². The Kier molecular flexibility index (Phi) is 5.48. The molecule has 1 N–H and O–H groups in total. The van der Waals surface area contributed by atoms with Crippen molar-refractivity contribution in [3.63, 3.8) is 0 Å². The third kappa shape index (κ3) is 4.52. The van der Waals surface area contributed by atoms with Crippen molar-refractivity contribution in [2.24, 2.45) is 0 Å². The molecule has 0 bridgehead atoms. The van der Waals surface area contributed by atoms with Crippen LogP contribution in [0.5, 0.6) is 0 Å². The van der Waals surface area contributed by atoms with Gasteiger partial charge in [0, 0.05) is 6.54 Å². The molecule has 0 aliphatic carbocycles. The SMILES string of the molecule is CCCCCCNc1cnc(Cl)c(C)c1. The average Bonchev–Trinajstić information content (AvgIpc) is 2.23. The Morgan fingerprint density at radius 3 is 2.80 bits per heavy atom. The molecule has 0 unspecified atom stereocenters. The highest BCUT2D eigenvalue weighted by Gasteiger charge is 1.97. The third-order valence-electron chi connectivity index (χ3n) is 2.37. The monoisotopic (exact) mass is 226 g/mol. The molecule has 1 aromatic heterocycles. The standard InChI is InChI=1S/C12H19ClN2/c1-3-4-5-6-7-14-11-8-10(2)12(13)15-9-11/h8-9,14H,3-7H2,1-2H3. The number of unbranched alkanes of at least 4 members (excludes halogenated alkanes) is 3. The fourth-order valence-electron chi connectivity index (χ4n) is 1.44. The van der Waals surface area contributed by atoms with Crippen LogP contribution in [0.2, 0.25) is 5.15 Å². The average molecular weight is 227 g/mol. The normalized spacial score (nSPS) is 10.3. The zero-order chi connectivity index (χ0) is 11.1. The second-order valence-electron chi connectivity index (χ2n) is 3.82. The lowest BCUT2D eigenvalue weighted by Gasteiger charge is -2.06. The highest BCUT2D eigenvalue weighted by atomic mass is 35.5. The topological polar surface area (TPSA) is 24.9 Å². The smallest absolute Gasteiger partial charge is 0.132 e. The molecule has 0 spiro atoms. The molecule has 0 saturated heterocycles. The molecular weight excluding hydrogens is 208 g/mol. The van der Waals surface area contributed by atoms with Crippen molar-refractivity contribution in [3.8, 4) is 0 Å². The number of aryl methyl sites for hydroxylation is 1. The summed E-state index contributed by atoms with van der Waals surface area (Å²) in [7, 11) is 0. The van der Waals surface area contributed by atoms with Gasteiger partial charge in [-0.1, -0.05) is 37.8 Å². The summed E-state index contributed by atoms with van der Waals surface area (Å²) in [5, 5.41) is 3.94. The maximum absolute atomic E-state index is 5.84. The van der Waals surface area contributed by atoms with Gasteiger partial charge in [0.05, 0.1) is 11.9 Å². The van der Waals surface area contributed by atoms with Crippen LogP contribution < -0.4 is 5.32 Å². The van der Waals surface area contributed by atoms with E-state index >= 15 is 0 Å². The van der Waals surface area contributed by atoms with Crippen molar-refractivity contribution in [2.45, 2.75) is 39.5 Å². The minimum Gasteiger partial charge on any atom is -0.384 e. The van der Waals surface area contributed by atoms with Gasteiger partial charge in [-0.15, -0.1) is 0 Å². The molecule has 0 radical (unpaired) electrons. The molecule has 0 saturated carbocycles. The van der Waals surface area contributed by atoms with Crippen LogP contribution in [0, 0.1) is 6.92 Å². The Balaban J connectivity index is 2.28. The van der Waals surface area contributed by atoms with Crippen LogP contribution in [0.25, 0.3) is 0 Å². The van der Waals surface area contributed by atoms with Crippen molar-refractivity contribution in [2.75, 3.05) is 11.9 Å². The van der Waals surface area contributed by atoms with Gasteiger partial charge in [0.2, 0.25) is 0 Å². The lowest BCUT2D eigenvalue weighted by atomic mass is 10.2. The molecule has 0 atom stereocenters. The number of nitrogens with one attached hydrogen (secondary N) is 1. The molecule has 0 fully saturated rings. The number of rotatable bonds is 6. The van der Waals surface area contributed by atoms with Crippen molar-refractivity contribution in [3.05, 3.63) is 23.0 Å². The molecule has 2 nitrogen and oxygen atoms in total. The molecule has 3 heteroatoms. The van der Waals surface area contributed by atoms with Gasteiger partial charge in [-0.3, -0.25) is 0 Å². The van der Waals surface area contributed by atoms with E-state index in [0.29, 0.717) is 5.15 Å². The summed E-state index contributed by atoms with van der Waals surface area (Å²) in [6.45, 7) is 5.21. The van der Waals surface area contributed by atoms with E-state index in [1.807, 2.05) is 13.0 Å². The molecule has 1 aromatic rings. The predicted molar refractivity (Wildman–Crippen MR) is 66.6 cm³/mol. The maximum Gasteiger partial charge on any atom is 0.132 e. The summed E-state index contributed by atoms with van der Waals surface area (Å²) in [5.74, 6) is 0. The molecule has 0 aliphatic rings. The first-order valence-electron chi connectivity index (χ1n) is 5.60. The number of hydrogen-bond acceptors (Lipinski definition) is 2. The number of anilines is 1. The van der Waals surface area contributed by atoms with Crippen LogP contribution in [-0.4, -0.2) is 11.5 Å². The lowest BCUT2D eigenvalue weighted by molar-refractivity contribution is 0.685. The minimum atomic E-state index is 0.589. The van der Waals surface area contributed by atoms with E-state index in [1.165, 1.54) is 25.7 Å². The van der Waals surface area contributed by atoms with Gasteiger partial charge in [0.1, 0.15) is 5.15 Å². The highest BCUT2D eigenvalue weighted by molar-refractivity contribution is 6.30. The molecular formula is C12H19ClN2. The van der Waals surface area contributed by atoms with Gasteiger partial charge in [-0.05, 0) is 25.0 Å². The van der Waals surface area contributed by atoms with Crippen molar-refractivity contribution in [1.29, 1.82) is 0 Å². The summed E-state index contributed by atoms with van der Waals surface area (Å²) in [6.07, 6.45) is 6.90. The summed E-state index contributed by atoms with van der Waals surface area (Å²) in [6, 6.07) is 2.04. The van der Waals surface area contributed by atoms with Crippen LogP contribution in [0.1, 0.15) is 38.2 Å². The van der Waals surface area contributed by atoms with Gasteiger partial charge in [-0.25, -0.2) is 4.98 Å². The predicted octanol–water partition coefficient (Wildman–Crippen LogP) is 4.04. The van der Waals surface area contributed by atoms with E-state index in [1.54, 1.807) is 6.20 Å². The molecule has 0 amide bonds. The quantitative estimate of drug-likeness (QED) is 0.585. The fraction of sp³-hybridized carbons (Fsp3) is 0.583. The number of hydrogen-bond donors (Lipinski definition) is 1. The Morgan fingerprint density at radius 2 is 2.13 bits per heavy atom. The van der Waals surface area contributed by atoms with Crippen molar-refractivity contribution < 1.29 is 0 Å². The van der Waals surface area contributed by atoms with E-state index in [9.17, 15) is 0 Å². The zero-order valence-electron chi connectivity index (χ0n) is 9.52. The summed E-state index contributed by atoms with van der Waals surface area (Å²) in [5.41, 5.74) is 2.09. The Labute approximate surface area is 97.1 Å². The van der Waals surface area contributed by atoms with Gasteiger partial charge in [0.25, 0.3) is 0 Å². The maximum atomic E-state index is 5.84. The van der Waals surface area contributed by atoms with Gasteiger partial charge in [0.15, 0.2) is 0 Å². The summed E-state index contributed by atoms with van der Waals surface area (Å²) >= 11 is 5.84. The van der Waals surface area contributed by atoms with E-state index in [0.717, 1.165) is 17.8 Å². The van der Waals surface area contributed by atoms with E-state index in [4.69, 9.17) is 11.6 Å². The number of aromatic nitrogens is 1. The lowest BCUT2D eigenvalue weighted by Crippen LogP contribution is -2.02. The van der Waals surface area contributed by atoms with Gasteiger partial charge < -0.3 is 5.32 Å². The first kappa shape index (κ1) is 12.3. The molecule has 1 heterocycles.